The number of allylic oxidation sites excluding steroid dienone is 1. The molecule has 0 spiro atoms. The monoisotopic (exact) mass is 502 g/mol. The van der Waals surface area contributed by atoms with Crippen molar-refractivity contribution in [2.24, 2.45) is 10.7 Å². The Hall–Kier alpha value is -3.86. The summed E-state index contributed by atoms with van der Waals surface area (Å²) < 4.78 is 30.3. The van der Waals surface area contributed by atoms with Gasteiger partial charge in [0.2, 0.25) is 0 Å². The number of aliphatic imine (C=N–C) groups is 1. The first-order valence-corrected chi connectivity index (χ1v) is 13.1. The van der Waals surface area contributed by atoms with Crippen LogP contribution in [0.3, 0.4) is 0 Å². The molecule has 6 nitrogen and oxygen atoms in total. The van der Waals surface area contributed by atoms with E-state index in [0.717, 1.165) is 68.9 Å². The number of likely N-dealkylation sites (tertiary alicyclic amines) is 1. The Morgan fingerprint density at radius 2 is 1.65 bits per heavy atom. The zero-order valence-electron chi connectivity index (χ0n) is 21.0. The van der Waals surface area contributed by atoms with E-state index in [1.54, 1.807) is 23.1 Å². The number of hydrogen-bond donors (Lipinski definition) is 1. The summed E-state index contributed by atoms with van der Waals surface area (Å²) in [5.41, 5.74) is 9.17. The lowest BCUT2D eigenvalue weighted by atomic mass is 10.1. The molecule has 0 aliphatic carbocycles. The van der Waals surface area contributed by atoms with E-state index in [2.05, 4.69) is 9.80 Å². The van der Waals surface area contributed by atoms with E-state index in [1.807, 2.05) is 18.2 Å². The first-order chi connectivity index (χ1) is 18.1. The Labute approximate surface area is 217 Å². The molecule has 3 aliphatic heterocycles. The first kappa shape index (κ1) is 24.8. The summed E-state index contributed by atoms with van der Waals surface area (Å²) in [5.74, 6) is -0.526. The van der Waals surface area contributed by atoms with Crippen molar-refractivity contribution in [3.8, 4) is 6.07 Å². The Morgan fingerprint density at radius 3 is 2.30 bits per heavy atom. The summed E-state index contributed by atoms with van der Waals surface area (Å²) in [4.78, 5) is 11.2. The fourth-order valence-electron chi connectivity index (χ4n) is 5.42. The smallest absolute Gasteiger partial charge is 0.148 e. The van der Waals surface area contributed by atoms with E-state index in [1.165, 1.54) is 31.2 Å². The lowest BCUT2D eigenvalue weighted by molar-refractivity contribution is 0.290. The average molecular weight is 503 g/mol. The van der Waals surface area contributed by atoms with Crippen molar-refractivity contribution < 1.29 is 8.78 Å². The number of halogens is 2. The molecule has 0 unspecified atom stereocenters. The number of piperidine rings is 2. The summed E-state index contributed by atoms with van der Waals surface area (Å²) in [7, 11) is 0. The van der Waals surface area contributed by atoms with E-state index < -0.39 is 5.82 Å². The van der Waals surface area contributed by atoms with Crippen molar-refractivity contribution in [3.05, 3.63) is 82.8 Å². The number of anilines is 2. The Bertz CT molecular complexity index is 1280. The van der Waals surface area contributed by atoms with Gasteiger partial charge >= 0.3 is 0 Å². The van der Waals surface area contributed by atoms with E-state index in [0.29, 0.717) is 23.6 Å². The number of rotatable bonds is 5. The van der Waals surface area contributed by atoms with Gasteiger partial charge in [-0.05, 0) is 87.2 Å². The van der Waals surface area contributed by atoms with Gasteiger partial charge in [-0.1, -0.05) is 0 Å². The molecule has 0 atom stereocenters. The second-order valence-electron chi connectivity index (χ2n) is 9.75. The standard InChI is InChI=1S/C29H32F2N6/c30-24-17-21(7-8-22(24)19-33)29-34-26(28(11-12-32)36-15-5-2-6-16-36)20-37(29)27-10-9-23(18-25(27)31)35-13-3-1-4-14-35/h7-12,17-18H,1-6,13-16,20,32H2/b12-11-,28-26-. The van der Waals surface area contributed by atoms with Gasteiger partial charge in [-0.2, -0.15) is 5.26 Å². The van der Waals surface area contributed by atoms with Crippen LogP contribution in [0.25, 0.3) is 0 Å². The molecule has 2 fully saturated rings. The van der Waals surface area contributed by atoms with Crippen LogP contribution in [0, 0.1) is 23.0 Å². The Balaban J connectivity index is 1.57. The molecular weight excluding hydrogens is 470 g/mol. The van der Waals surface area contributed by atoms with Crippen molar-refractivity contribution in [2.75, 3.05) is 42.5 Å². The van der Waals surface area contributed by atoms with Crippen LogP contribution >= 0.6 is 0 Å². The van der Waals surface area contributed by atoms with Crippen LogP contribution < -0.4 is 15.5 Å². The molecule has 2 saturated heterocycles. The third kappa shape index (κ3) is 5.17. The van der Waals surface area contributed by atoms with Crippen LogP contribution in [0.15, 0.2) is 65.1 Å². The van der Waals surface area contributed by atoms with Gasteiger partial charge in [0.25, 0.3) is 0 Å². The molecular formula is C29H32F2N6. The summed E-state index contributed by atoms with van der Waals surface area (Å²) >= 11 is 0. The second-order valence-corrected chi connectivity index (χ2v) is 9.75. The second kappa shape index (κ2) is 11.0. The van der Waals surface area contributed by atoms with Crippen LogP contribution in [0.1, 0.15) is 49.7 Å². The van der Waals surface area contributed by atoms with E-state index >= 15 is 4.39 Å². The molecule has 2 aromatic carbocycles. The van der Waals surface area contributed by atoms with Crippen LogP contribution in [0.2, 0.25) is 0 Å². The molecule has 192 valence electrons. The van der Waals surface area contributed by atoms with Crippen LogP contribution in [-0.4, -0.2) is 43.5 Å². The maximum atomic E-state index is 15.7. The molecule has 3 aliphatic rings. The third-order valence-corrected chi connectivity index (χ3v) is 7.34. The average Bonchev–Trinajstić information content (AvgIpc) is 3.37. The minimum Gasteiger partial charge on any atom is -0.405 e. The molecule has 8 heteroatoms. The van der Waals surface area contributed by atoms with Crippen molar-refractivity contribution in [2.45, 2.75) is 38.5 Å². The van der Waals surface area contributed by atoms with Crippen LogP contribution in [0.5, 0.6) is 0 Å². The van der Waals surface area contributed by atoms with Gasteiger partial charge in [-0.25, -0.2) is 13.8 Å². The predicted octanol–water partition coefficient (Wildman–Crippen LogP) is 5.26. The number of nitriles is 1. The minimum atomic E-state index is -0.626. The fourth-order valence-corrected chi connectivity index (χ4v) is 5.42. The summed E-state index contributed by atoms with van der Waals surface area (Å²) in [6, 6.07) is 11.6. The van der Waals surface area contributed by atoms with Crippen molar-refractivity contribution >= 4 is 17.2 Å². The first-order valence-electron chi connectivity index (χ1n) is 13.1. The molecule has 0 saturated carbocycles. The lowest BCUT2D eigenvalue weighted by Gasteiger charge is -2.31. The molecule has 3 heterocycles. The highest BCUT2D eigenvalue weighted by Gasteiger charge is 2.30. The zero-order valence-corrected chi connectivity index (χ0v) is 21.0. The number of nitrogens with zero attached hydrogens (tertiary/aromatic N) is 5. The van der Waals surface area contributed by atoms with Crippen LogP contribution in [0.4, 0.5) is 20.2 Å². The molecule has 0 aromatic heterocycles. The number of nitrogens with two attached hydrogens (primary N) is 1. The van der Waals surface area contributed by atoms with E-state index in [-0.39, 0.29) is 11.4 Å². The number of hydrogen-bond acceptors (Lipinski definition) is 6. The van der Waals surface area contributed by atoms with Gasteiger partial charge in [-0.15, -0.1) is 0 Å². The largest absolute Gasteiger partial charge is 0.405 e. The van der Waals surface area contributed by atoms with Crippen molar-refractivity contribution in [1.29, 1.82) is 5.26 Å². The zero-order chi connectivity index (χ0) is 25.8. The topological polar surface area (TPSA) is 71.9 Å². The SMILES string of the molecule is N#Cc1ccc(C2=N/C(=C(/C=C\N)N3CCCCC3)CN2c2ccc(N3CCCCC3)cc2F)cc1F. The van der Waals surface area contributed by atoms with Crippen molar-refractivity contribution in [3.63, 3.8) is 0 Å². The molecule has 2 aromatic rings. The summed E-state index contributed by atoms with van der Waals surface area (Å²) in [6.07, 6.45) is 10.1. The molecule has 5 rings (SSSR count). The Morgan fingerprint density at radius 1 is 0.919 bits per heavy atom. The Kier molecular flexibility index (Phi) is 7.40. The van der Waals surface area contributed by atoms with Gasteiger partial charge in [0.05, 0.1) is 29.2 Å². The number of benzene rings is 2. The van der Waals surface area contributed by atoms with Gasteiger partial charge in [0.1, 0.15) is 23.5 Å². The highest BCUT2D eigenvalue weighted by atomic mass is 19.1. The molecule has 0 bridgehead atoms. The minimum absolute atomic E-state index is 0.0400. The van der Waals surface area contributed by atoms with Gasteiger partial charge in [0, 0.05) is 37.4 Å². The quantitative estimate of drug-likeness (QED) is 0.604. The molecule has 2 N–H and O–H groups in total. The summed E-state index contributed by atoms with van der Waals surface area (Å²) in [5, 5.41) is 9.18. The maximum Gasteiger partial charge on any atom is 0.148 e. The van der Waals surface area contributed by atoms with Gasteiger partial charge in [0.15, 0.2) is 0 Å². The van der Waals surface area contributed by atoms with E-state index in [9.17, 15) is 9.65 Å². The van der Waals surface area contributed by atoms with Crippen LogP contribution in [-0.2, 0) is 0 Å². The van der Waals surface area contributed by atoms with E-state index in [4.69, 9.17) is 10.7 Å². The number of amidine groups is 1. The highest BCUT2D eigenvalue weighted by molar-refractivity contribution is 6.12. The summed E-state index contributed by atoms with van der Waals surface area (Å²) in [6.45, 7) is 3.98. The lowest BCUT2D eigenvalue weighted by Crippen LogP contribution is -2.32. The van der Waals surface area contributed by atoms with Crippen molar-refractivity contribution in [1.82, 2.24) is 4.90 Å². The normalized spacial score (nSPS) is 19.8. The molecule has 0 amide bonds. The maximum absolute atomic E-state index is 15.7. The third-order valence-electron chi connectivity index (χ3n) is 7.34. The van der Waals surface area contributed by atoms with Gasteiger partial charge in [-0.3, -0.25) is 0 Å². The fraction of sp³-hybridized carbons (Fsp3) is 0.379. The van der Waals surface area contributed by atoms with Gasteiger partial charge < -0.3 is 20.4 Å². The highest BCUT2D eigenvalue weighted by Crippen LogP contribution is 2.33. The molecule has 0 radical (unpaired) electrons. The predicted molar refractivity (Wildman–Crippen MR) is 143 cm³/mol. The molecule has 37 heavy (non-hydrogen) atoms.